The van der Waals surface area contributed by atoms with Crippen molar-refractivity contribution >= 4 is 5.78 Å². The standard InChI is InChI=1S/C9H14O/c1-6-4-7-2-3-9(10)8(6)5-7/h6-8H,2-5H2,1H3. The molecule has 2 aliphatic rings. The molecule has 10 heavy (non-hydrogen) atoms. The molecule has 3 unspecified atom stereocenters. The van der Waals surface area contributed by atoms with Crippen molar-refractivity contribution in [2.45, 2.75) is 32.6 Å². The third kappa shape index (κ3) is 0.799. The summed E-state index contributed by atoms with van der Waals surface area (Å²) in [6, 6.07) is 0. The van der Waals surface area contributed by atoms with Gasteiger partial charge in [-0.05, 0) is 31.1 Å². The molecular formula is C9H14O. The van der Waals surface area contributed by atoms with E-state index in [4.69, 9.17) is 0 Å². The molecule has 2 fully saturated rings. The summed E-state index contributed by atoms with van der Waals surface area (Å²) in [5, 5.41) is 0. The van der Waals surface area contributed by atoms with Crippen molar-refractivity contribution in [3.8, 4) is 0 Å². The molecule has 0 aromatic heterocycles. The van der Waals surface area contributed by atoms with Crippen LogP contribution in [0, 0.1) is 17.8 Å². The monoisotopic (exact) mass is 138 g/mol. The van der Waals surface area contributed by atoms with E-state index < -0.39 is 0 Å². The number of ketones is 1. The minimum Gasteiger partial charge on any atom is -0.299 e. The predicted octanol–water partition coefficient (Wildman–Crippen LogP) is 2.01. The molecule has 0 saturated heterocycles. The first-order chi connectivity index (χ1) is 4.77. The van der Waals surface area contributed by atoms with Gasteiger partial charge in [0.25, 0.3) is 0 Å². The van der Waals surface area contributed by atoms with Crippen molar-refractivity contribution in [1.82, 2.24) is 0 Å². The first-order valence-electron chi connectivity index (χ1n) is 4.30. The molecule has 56 valence electrons. The summed E-state index contributed by atoms with van der Waals surface area (Å²) in [5.41, 5.74) is 0. The summed E-state index contributed by atoms with van der Waals surface area (Å²) in [5.74, 6) is 2.60. The van der Waals surface area contributed by atoms with Crippen LogP contribution in [0.25, 0.3) is 0 Å². The Hall–Kier alpha value is -0.330. The average molecular weight is 138 g/mol. The van der Waals surface area contributed by atoms with E-state index in [1.165, 1.54) is 19.3 Å². The van der Waals surface area contributed by atoms with Crippen LogP contribution in [-0.2, 0) is 4.79 Å². The Kier molecular flexibility index (Phi) is 1.33. The van der Waals surface area contributed by atoms with Crippen LogP contribution in [0.2, 0.25) is 0 Å². The largest absolute Gasteiger partial charge is 0.299 e. The zero-order chi connectivity index (χ0) is 7.14. The number of Topliss-reactive ketones (excluding diaryl/α,β-unsaturated/α-hetero) is 1. The Morgan fingerprint density at radius 2 is 2.20 bits per heavy atom. The number of fused-ring (bicyclic) bond motifs is 2. The molecule has 3 atom stereocenters. The van der Waals surface area contributed by atoms with Gasteiger partial charge in [-0.1, -0.05) is 6.92 Å². The SMILES string of the molecule is CC1CC2CCC(=O)C1C2. The lowest BCUT2D eigenvalue weighted by Crippen LogP contribution is -2.19. The van der Waals surface area contributed by atoms with Crippen molar-refractivity contribution < 1.29 is 4.79 Å². The molecule has 0 aromatic carbocycles. The molecule has 2 saturated carbocycles. The van der Waals surface area contributed by atoms with Gasteiger partial charge in [0, 0.05) is 12.3 Å². The molecule has 2 bridgehead atoms. The Bertz CT molecular complexity index is 162. The number of hydrogen-bond acceptors (Lipinski definition) is 1. The van der Waals surface area contributed by atoms with Crippen LogP contribution >= 0.6 is 0 Å². The second-order valence-electron chi connectivity index (χ2n) is 3.93. The summed E-state index contributed by atoms with van der Waals surface area (Å²) in [4.78, 5) is 11.3. The summed E-state index contributed by atoms with van der Waals surface area (Å²) in [6.07, 6.45) is 4.58. The zero-order valence-corrected chi connectivity index (χ0v) is 6.47. The second-order valence-corrected chi connectivity index (χ2v) is 3.93. The van der Waals surface area contributed by atoms with Gasteiger partial charge in [-0.2, -0.15) is 0 Å². The van der Waals surface area contributed by atoms with Crippen LogP contribution in [0.1, 0.15) is 32.6 Å². The smallest absolute Gasteiger partial charge is 0.136 e. The number of hydrogen-bond donors (Lipinski definition) is 0. The number of rotatable bonds is 0. The molecule has 2 rings (SSSR count). The fourth-order valence-electron chi connectivity index (χ4n) is 2.59. The van der Waals surface area contributed by atoms with Crippen LogP contribution in [0.4, 0.5) is 0 Å². The van der Waals surface area contributed by atoms with Crippen LogP contribution in [-0.4, -0.2) is 5.78 Å². The lowest BCUT2D eigenvalue weighted by Gasteiger charge is -2.17. The zero-order valence-electron chi connectivity index (χ0n) is 6.47. The molecule has 0 amide bonds. The van der Waals surface area contributed by atoms with E-state index in [-0.39, 0.29) is 0 Å². The minimum atomic E-state index is 0.457. The maximum atomic E-state index is 11.3. The highest BCUT2D eigenvalue weighted by atomic mass is 16.1. The average Bonchev–Trinajstić information content (AvgIpc) is 2.21. The molecule has 0 radical (unpaired) electrons. The fourth-order valence-corrected chi connectivity index (χ4v) is 2.59. The quantitative estimate of drug-likeness (QED) is 0.500. The third-order valence-electron chi connectivity index (χ3n) is 3.19. The predicted molar refractivity (Wildman–Crippen MR) is 39.6 cm³/mol. The van der Waals surface area contributed by atoms with Crippen LogP contribution in [0.3, 0.4) is 0 Å². The molecule has 1 nitrogen and oxygen atoms in total. The Balaban J connectivity index is 2.17. The molecule has 0 spiro atoms. The van der Waals surface area contributed by atoms with Crippen molar-refractivity contribution in [2.24, 2.45) is 17.8 Å². The molecule has 0 aromatic rings. The maximum absolute atomic E-state index is 11.3. The highest BCUT2D eigenvalue weighted by Gasteiger charge is 2.39. The first kappa shape index (κ1) is 6.38. The summed E-state index contributed by atoms with van der Waals surface area (Å²) >= 11 is 0. The van der Waals surface area contributed by atoms with Gasteiger partial charge in [0.15, 0.2) is 0 Å². The normalized spacial score (nSPS) is 46.1. The number of carbonyl (C=O) groups is 1. The van der Waals surface area contributed by atoms with Gasteiger partial charge in [-0.3, -0.25) is 4.79 Å². The highest BCUT2D eigenvalue weighted by molar-refractivity contribution is 5.82. The molecule has 0 aliphatic heterocycles. The Labute approximate surface area is 61.8 Å². The third-order valence-corrected chi connectivity index (χ3v) is 3.19. The summed E-state index contributed by atoms with van der Waals surface area (Å²) in [6.45, 7) is 2.23. The van der Waals surface area contributed by atoms with Crippen molar-refractivity contribution in [1.29, 1.82) is 0 Å². The maximum Gasteiger partial charge on any atom is 0.136 e. The second kappa shape index (κ2) is 2.08. The van der Waals surface area contributed by atoms with Gasteiger partial charge in [0.1, 0.15) is 5.78 Å². The minimum absolute atomic E-state index is 0.457. The molecular weight excluding hydrogens is 124 g/mol. The van der Waals surface area contributed by atoms with E-state index in [0.717, 1.165) is 12.3 Å². The van der Waals surface area contributed by atoms with Gasteiger partial charge in [-0.15, -0.1) is 0 Å². The van der Waals surface area contributed by atoms with E-state index >= 15 is 0 Å². The van der Waals surface area contributed by atoms with Crippen LogP contribution in [0.15, 0.2) is 0 Å². The van der Waals surface area contributed by atoms with Gasteiger partial charge >= 0.3 is 0 Å². The number of carbonyl (C=O) groups excluding carboxylic acids is 1. The van der Waals surface area contributed by atoms with Gasteiger partial charge in [0.05, 0.1) is 0 Å². The summed E-state index contributed by atoms with van der Waals surface area (Å²) in [7, 11) is 0. The van der Waals surface area contributed by atoms with E-state index in [1.54, 1.807) is 0 Å². The molecule has 0 N–H and O–H groups in total. The first-order valence-corrected chi connectivity index (χ1v) is 4.30. The molecule has 2 aliphatic carbocycles. The van der Waals surface area contributed by atoms with E-state index in [9.17, 15) is 4.79 Å². The lowest BCUT2D eigenvalue weighted by atomic mass is 9.86. The van der Waals surface area contributed by atoms with E-state index in [1.807, 2.05) is 0 Å². The van der Waals surface area contributed by atoms with Crippen molar-refractivity contribution in [2.75, 3.05) is 0 Å². The lowest BCUT2D eigenvalue weighted by molar-refractivity contribution is -0.124. The van der Waals surface area contributed by atoms with Crippen LogP contribution < -0.4 is 0 Å². The van der Waals surface area contributed by atoms with Crippen molar-refractivity contribution in [3.63, 3.8) is 0 Å². The van der Waals surface area contributed by atoms with E-state index in [0.29, 0.717) is 17.6 Å². The highest BCUT2D eigenvalue weighted by Crippen LogP contribution is 2.43. The van der Waals surface area contributed by atoms with Crippen molar-refractivity contribution in [3.05, 3.63) is 0 Å². The van der Waals surface area contributed by atoms with Gasteiger partial charge in [-0.25, -0.2) is 0 Å². The Morgan fingerprint density at radius 3 is 2.90 bits per heavy atom. The van der Waals surface area contributed by atoms with E-state index in [2.05, 4.69) is 6.92 Å². The van der Waals surface area contributed by atoms with Gasteiger partial charge in [0.2, 0.25) is 0 Å². The Morgan fingerprint density at radius 1 is 1.40 bits per heavy atom. The van der Waals surface area contributed by atoms with Crippen LogP contribution in [0.5, 0.6) is 0 Å². The van der Waals surface area contributed by atoms with Gasteiger partial charge < -0.3 is 0 Å². The summed E-state index contributed by atoms with van der Waals surface area (Å²) < 4.78 is 0. The topological polar surface area (TPSA) is 17.1 Å². The molecule has 0 heterocycles. The fraction of sp³-hybridized carbons (Fsp3) is 0.889. The molecule has 1 heteroatoms.